The number of benzene rings is 2. The van der Waals surface area contributed by atoms with Gasteiger partial charge in [0.2, 0.25) is 0 Å². The lowest BCUT2D eigenvalue weighted by Gasteiger charge is -2.15. The van der Waals surface area contributed by atoms with E-state index in [0.29, 0.717) is 35.2 Å². The third kappa shape index (κ3) is 3.99. The Balaban J connectivity index is 1.99. The Labute approximate surface area is 164 Å². The van der Waals surface area contributed by atoms with Crippen LogP contribution in [0.15, 0.2) is 57.7 Å². The molecule has 1 unspecified atom stereocenters. The van der Waals surface area contributed by atoms with E-state index in [9.17, 15) is 14.7 Å². The van der Waals surface area contributed by atoms with Crippen LogP contribution in [0.4, 0.5) is 0 Å². The van der Waals surface area contributed by atoms with Crippen molar-refractivity contribution in [2.75, 3.05) is 6.54 Å². The molecular formula is C23H25NO4. The van der Waals surface area contributed by atoms with Gasteiger partial charge in [0.05, 0.1) is 17.1 Å². The normalized spacial score (nSPS) is 12.3. The highest BCUT2D eigenvalue weighted by Crippen LogP contribution is 2.27. The summed E-state index contributed by atoms with van der Waals surface area (Å²) in [6.45, 7) is 5.93. The molecule has 1 atom stereocenters. The minimum atomic E-state index is -0.474. The van der Waals surface area contributed by atoms with Crippen LogP contribution in [0.3, 0.4) is 0 Å². The minimum Gasteiger partial charge on any atom is -0.455 e. The third-order valence-electron chi connectivity index (χ3n) is 4.92. The molecule has 5 nitrogen and oxygen atoms in total. The highest BCUT2D eigenvalue weighted by atomic mass is 16.3. The lowest BCUT2D eigenvalue weighted by molar-refractivity contribution is 0.0921. The van der Waals surface area contributed by atoms with Crippen molar-refractivity contribution < 1.29 is 14.3 Å². The number of hydrogen-bond acceptors (Lipinski definition) is 4. The zero-order chi connectivity index (χ0) is 20.3. The average molecular weight is 379 g/mol. The van der Waals surface area contributed by atoms with Gasteiger partial charge in [-0.1, -0.05) is 50.2 Å². The Morgan fingerprint density at radius 3 is 2.50 bits per heavy atom. The number of amides is 1. The van der Waals surface area contributed by atoms with Gasteiger partial charge in [-0.2, -0.15) is 0 Å². The molecular weight excluding hydrogens is 354 g/mol. The summed E-state index contributed by atoms with van der Waals surface area (Å²) in [5.41, 5.74) is 1.74. The van der Waals surface area contributed by atoms with E-state index >= 15 is 0 Å². The molecule has 1 amide bonds. The van der Waals surface area contributed by atoms with Crippen molar-refractivity contribution in [3.8, 4) is 11.3 Å². The van der Waals surface area contributed by atoms with E-state index in [2.05, 4.69) is 5.32 Å². The zero-order valence-electron chi connectivity index (χ0n) is 16.4. The molecule has 146 valence electrons. The van der Waals surface area contributed by atoms with Gasteiger partial charge in [-0.25, -0.2) is 0 Å². The van der Waals surface area contributed by atoms with Crippen LogP contribution < -0.4 is 10.7 Å². The second kappa shape index (κ2) is 8.40. The van der Waals surface area contributed by atoms with Crippen LogP contribution >= 0.6 is 0 Å². The van der Waals surface area contributed by atoms with Gasteiger partial charge < -0.3 is 14.8 Å². The molecule has 1 heterocycles. The molecule has 28 heavy (non-hydrogen) atoms. The maximum absolute atomic E-state index is 12.9. The summed E-state index contributed by atoms with van der Waals surface area (Å²) < 4.78 is 6.07. The standard InChI is InChI=1S/C23H25NO4/c1-14(2)19(25)12-13-24-23(27)18-11-7-10-17-20(26)15(3)21(28-22(17)18)16-8-5-4-6-9-16/h4-11,14,19,25H,12-13H2,1-3H3,(H,24,27). The molecule has 0 bridgehead atoms. The molecule has 0 fully saturated rings. The number of para-hydroxylation sites is 1. The molecule has 0 aliphatic rings. The van der Waals surface area contributed by atoms with Crippen molar-refractivity contribution in [2.45, 2.75) is 33.3 Å². The van der Waals surface area contributed by atoms with Gasteiger partial charge in [-0.05, 0) is 31.4 Å². The van der Waals surface area contributed by atoms with Gasteiger partial charge in [0.25, 0.3) is 5.91 Å². The van der Waals surface area contributed by atoms with Crippen molar-refractivity contribution in [3.05, 3.63) is 69.9 Å². The predicted octanol–water partition coefficient (Wildman–Crippen LogP) is 3.91. The van der Waals surface area contributed by atoms with Crippen molar-refractivity contribution in [2.24, 2.45) is 5.92 Å². The highest BCUT2D eigenvalue weighted by molar-refractivity contribution is 6.05. The number of carbonyl (C=O) groups excluding carboxylic acids is 1. The molecule has 3 rings (SSSR count). The smallest absolute Gasteiger partial charge is 0.255 e. The second-order valence-corrected chi connectivity index (χ2v) is 7.29. The first-order chi connectivity index (χ1) is 13.4. The molecule has 0 aliphatic carbocycles. The topological polar surface area (TPSA) is 79.5 Å². The summed E-state index contributed by atoms with van der Waals surface area (Å²) in [6.07, 6.45) is -0.00922. The summed E-state index contributed by atoms with van der Waals surface area (Å²) >= 11 is 0. The van der Waals surface area contributed by atoms with Gasteiger partial charge in [0.15, 0.2) is 11.0 Å². The Kier molecular flexibility index (Phi) is 5.95. The molecule has 0 aliphatic heterocycles. The number of aliphatic hydroxyl groups is 1. The summed E-state index contributed by atoms with van der Waals surface area (Å²) in [6, 6.07) is 14.4. The second-order valence-electron chi connectivity index (χ2n) is 7.29. The van der Waals surface area contributed by atoms with E-state index in [1.54, 1.807) is 25.1 Å². The fourth-order valence-electron chi connectivity index (χ4n) is 3.12. The van der Waals surface area contributed by atoms with Crippen molar-refractivity contribution in [1.29, 1.82) is 0 Å². The summed E-state index contributed by atoms with van der Waals surface area (Å²) in [5.74, 6) is 0.269. The van der Waals surface area contributed by atoms with Crippen LogP contribution in [-0.4, -0.2) is 23.7 Å². The van der Waals surface area contributed by atoms with Gasteiger partial charge in [0, 0.05) is 17.7 Å². The minimum absolute atomic E-state index is 0.129. The van der Waals surface area contributed by atoms with Crippen molar-refractivity contribution >= 4 is 16.9 Å². The van der Waals surface area contributed by atoms with Crippen LogP contribution in [0.25, 0.3) is 22.3 Å². The highest BCUT2D eigenvalue weighted by Gasteiger charge is 2.18. The van der Waals surface area contributed by atoms with Crippen LogP contribution in [0.5, 0.6) is 0 Å². The quantitative estimate of drug-likeness (QED) is 0.681. The SMILES string of the molecule is Cc1c(-c2ccccc2)oc2c(C(=O)NCCC(O)C(C)C)cccc2c1=O. The zero-order valence-corrected chi connectivity index (χ0v) is 16.4. The van der Waals surface area contributed by atoms with Crippen LogP contribution in [0.1, 0.15) is 36.2 Å². The molecule has 0 saturated heterocycles. The number of nitrogens with one attached hydrogen (secondary N) is 1. The Hall–Kier alpha value is -2.92. The van der Waals surface area contributed by atoms with E-state index in [1.807, 2.05) is 44.2 Å². The number of fused-ring (bicyclic) bond motifs is 1. The van der Waals surface area contributed by atoms with Gasteiger partial charge in [0.1, 0.15) is 5.76 Å². The maximum Gasteiger partial charge on any atom is 0.255 e. The summed E-state index contributed by atoms with van der Waals surface area (Å²) in [7, 11) is 0. The molecule has 5 heteroatoms. The van der Waals surface area contributed by atoms with Crippen LogP contribution in [0.2, 0.25) is 0 Å². The molecule has 2 N–H and O–H groups in total. The molecule has 0 saturated carbocycles. The van der Waals surface area contributed by atoms with E-state index in [-0.39, 0.29) is 22.8 Å². The van der Waals surface area contributed by atoms with E-state index in [0.717, 1.165) is 5.56 Å². The number of rotatable bonds is 6. The maximum atomic E-state index is 12.9. The molecule has 0 spiro atoms. The number of carbonyl (C=O) groups is 1. The monoisotopic (exact) mass is 379 g/mol. The predicted molar refractivity (Wildman–Crippen MR) is 110 cm³/mol. The van der Waals surface area contributed by atoms with Gasteiger partial charge >= 0.3 is 0 Å². The lowest BCUT2D eigenvalue weighted by Crippen LogP contribution is -2.29. The average Bonchev–Trinajstić information content (AvgIpc) is 2.70. The number of aliphatic hydroxyl groups excluding tert-OH is 1. The largest absolute Gasteiger partial charge is 0.455 e. The van der Waals surface area contributed by atoms with Crippen molar-refractivity contribution in [1.82, 2.24) is 5.32 Å². The Morgan fingerprint density at radius 1 is 1.11 bits per heavy atom. The summed E-state index contributed by atoms with van der Waals surface area (Å²) in [4.78, 5) is 25.6. The fourth-order valence-corrected chi connectivity index (χ4v) is 3.12. The first-order valence-corrected chi connectivity index (χ1v) is 9.48. The van der Waals surface area contributed by atoms with Gasteiger partial charge in [-0.15, -0.1) is 0 Å². The van der Waals surface area contributed by atoms with Crippen LogP contribution in [-0.2, 0) is 0 Å². The lowest BCUT2D eigenvalue weighted by atomic mass is 10.0. The Bertz CT molecular complexity index is 1040. The van der Waals surface area contributed by atoms with Gasteiger partial charge in [-0.3, -0.25) is 9.59 Å². The molecule has 0 radical (unpaired) electrons. The third-order valence-corrected chi connectivity index (χ3v) is 4.92. The van der Waals surface area contributed by atoms with E-state index < -0.39 is 6.10 Å². The Morgan fingerprint density at radius 2 is 1.82 bits per heavy atom. The fraction of sp³-hybridized carbons (Fsp3) is 0.304. The summed E-state index contributed by atoms with van der Waals surface area (Å²) in [5, 5.41) is 13.1. The molecule has 1 aromatic heterocycles. The first kappa shape index (κ1) is 19.8. The van der Waals surface area contributed by atoms with E-state index in [4.69, 9.17) is 4.42 Å². The van der Waals surface area contributed by atoms with E-state index in [1.165, 1.54) is 0 Å². The first-order valence-electron chi connectivity index (χ1n) is 9.48. The van der Waals surface area contributed by atoms with Crippen LogP contribution in [0, 0.1) is 12.8 Å². The molecule has 3 aromatic rings. The number of hydrogen-bond donors (Lipinski definition) is 2. The van der Waals surface area contributed by atoms with Crippen molar-refractivity contribution in [3.63, 3.8) is 0 Å². The molecule has 2 aromatic carbocycles.